The highest BCUT2D eigenvalue weighted by atomic mass is 35.5. The summed E-state index contributed by atoms with van der Waals surface area (Å²) < 4.78 is 1.06. The third-order valence-corrected chi connectivity index (χ3v) is 5.36. The normalized spacial score (nSPS) is 11.0. The van der Waals surface area contributed by atoms with Crippen molar-refractivity contribution >= 4 is 54.7 Å². The van der Waals surface area contributed by atoms with Crippen molar-refractivity contribution in [3.63, 3.8) is 0 Å². The van der Waals surface area contributed by atoms with Crippen molar-refractivity contribution in [3.8, 4) is 0 Å². The third kappa shape index (κ3) is 2.58. The van der Waals surface area contributed by atoms with E-state index in [4.69, 9.17) is 11.6 Å². The smallest absolute Gasteiger partial charge is 0.256 e. The molecular formula is C19H12ClNOS. The van der Waals surface area contributed by atoms with E-state index in [2.05, 4.69) is 5.32 Å². The van der Waals surface area contributed by atoms with Crippen LogP contribution in [0.15, 0.2) is 66.7 Å². The molecule has 3 aromatic carbocycles. The quantitative estimate of drug-likeness (QED) is 0.480. The van der Waals surface area contributed by atoms with Crippen molar-refractivity contribution in [2.24, 2.45) is 0 Å². The third-order valence-electron chi connectivity index (χ3n) is 3.77. The van der Waals surface area contributed by atoms with Gasteiger partial charge in [-0.2, -0.15) is 0 Å². The van der Waals surface area contributed by atoms with Gasteiger partial charge in [0.05, 0.1) is 5.02 Å². The molecular weight excluding hydrogens is 326 g/mol. The van der Waals surface area contributed by atoms with Crippen LogP contribution in [0.25, 0.3) is 20.9 Å². The zero-order chi connectivity index (χ0) is 15.8. The largest absolute Gasteiger partial charge is 0.312 e. The fourth-order valence-corrected chi connectivity index (χ4v) is 3.97. The molecule has 0 radical (unpaired) electrons. The van der Waals surface area contributed by atoms with Gasteiger partial charge in [-0.1, -0.05) is 60.1 Å². The highest BCUT2D eigenvalue weighted by molar-refractivity contribution is 7.23. The molecule has 0 aliphatic rings. The summed E-state index contributed by atoms with van der Waals surface area (Å²) in [7, 11) is 0. The lowest BCUT2D eigenvalue weighted by atomic mass is 10.1. The maximum absolute atomic E-state index is 12.5. The summed E-state index contributed by atoms with van der Waals surface area (Å²) in [4.78, 5) is 12.5. The molecule has 4 aromatic rings. The molecule has 0 bridgehead atoms. The van der Waals surface area contributed by atoms with E-state index in [0.717, 1.165) is 20.9 Å². The van der Waals surface area contributed by atoms with Crippen molar-refractivity contribution in [1.29, 1.82) is 0 Å². The van der Waals surface area contributed by atoms with Crippen LogP contribution in [0.2, 0.25) is 5.02 Å². The molecule has 0 unspecified atom stereocenters. The number of nitrogens with one attached hydrogen (secondary N) is 1. The van der Waals surface area contributed by atoms with Crippen LogP contribution >= 0.6 is 22.9 Å². The van der Waals surface area contributed by atoms with Crippen molar-refractivity contribution in [2.45, 2.75) is 0 Å². The second-order valence-electron chi connectivity index (χ2n) is 5.26. The first-order valence-electron chi connectivity index (χ1n) is 7.19. The number of rotatable bonds is 2. The molecule has 0 atom stereocenters. The molecule has 2 nitrogen and oxygen atoms in total. The maximum atomic E-state index is 12.5. The second-order valence-corrected chi connectivity index (χ2v) is 6.69. The summed E-state index contributed by atoms with van der Waals surface area (Å²) in [6, 6.07) is 21.5. The summed E-state index contributed by atoms with van der Waals surface area (Å²) in [5.74, 6) is -0.149. The molecule has 0 spiro atoms. The molecule has 1 heterocycles. The minimum absolute atomic E-state index is 0.149. The summed E-state index contributed by atoms with van der Waals surface area (Å²) in [6.07, 6.45) is 0. The van der Waals surface area contributed by atoms with Crippen LogP contribution in [0.5, 0.6) is 0 Å². The fourth-order valence-electron chi connectivity index (χ4n) is 2.60. The summed E-state index contributed by atoms with van der Waals surface area (Å²) in [5.41, 5.74) is 0.622. The van der Waals surface area contributed by atoms with Gasteiger partial charge in [0.15, 0.2) is 0 Å². The van der Waals surface area contributed by atoms with Crippen molar-refractivity contribution in [2.75, 3.05) is 5.32 Å². The Labute approximate surface area is 142 Å². The van der Waals surface area contributed by atoms with Gasteiger partial charge in [-0.15, -0.1) is 11.3 Å². The van der Waals surface area contributed by atoms with Crippen LogP contribution < -0.4 is 5.32 Å². The van der Waals surface area contributed by atoms with Crippen LogP contribution in [-0.4, -0.2) is 5.91 Å². The Morgan fingerprint density at radius 3 is 2.48 bits per heavy atom. The van der Waals surface area contributed by atoms with Gasteiger partial charge in [0.2, 0.25) is 0 Å². The fraction of sp³-hybridized carbons (Fsp3) is 0. The van der Waals surface area contributed by atoms with Gasteiger partial charge in [-0.05, 0) is 29.0 Å². The number of benzene rings is 3. The van der Waals surface area contributed by atoms with E-state index in [-0.39, 0.29) is 5.91 Å². The molecule has 0 fully saturated rings. The number of hydrogen-bond acceptors (Lipinski definition) is 2. The van der Waals surface area contributed by atoms with Crippen molar-refractivity contribution in [3.05, 3.63) is 77.3 Å². The van der Waals surface area contributed by atoms with Gasteiger partial charge in [-0.25, -0.2) is 0 Å². The molecule has 112 valence electrons. The lowest BCUT2D eigenvalue weighted by Gasteiger charge is -2.05. The minimum atomic E-state index is -0.149. The Bertz CT molecular complexity index is 1040. The van der Waals surface area contributed by atoms with E-state index < -0.39 is 0 Å². The van der Waals surface area contributed by atoms with Crippen molar-refractivity contribution in [1.82, 2.24) is 0 Å². The molecule has 0 aliphatic carbocycles. The standard InChI is InChI=1S/C19H12ClNOS/c20-17-15-7-3-4-8-16(15)23-19(17)21-18(22)14-10-9-12-5-1-2-6-13(12)11-14/h1-11H,(H,21,22). The average Bonchev–Trinajstić information content (AvgIpc) is 2.91. The Morgan fingerprint density at radius 2 is 1.65 bits per heavy atom. The van der Waals surface area contributed by atoms with Crippen LogP contribution in [0.3, 0.4) is 0 Å². The molecule has 4 rings (SSSR count). The number of carbonyl (C=O) groups is 1. The molecule has 1 N–H and O–H groups in total. The zero-order valence-corrected chi connectivity index (χ0v) is 13.6. The van der Waals surface area contributed by atoms with Gasteiger partial charge < -0.3 is 5.32 Å². The number of amides is 1. The van der Waals surface area contributed by atoms with Gasteiger partial charge in [0, 0.05) is 15.6 Å². The lowest BCUT2D eigenvalue weighted by Crippen LogP contribution is -2.10. The van der Waals surface area contributed by atoms with E-state index in [1.54, 1.807) is 0 Å². The number of anilines is 1. The predicted octanol–water partition coefficient (Wildman–Crippen LogP) is 5.96. The first-order chi connectivity index (χ1) is 11.2. The zero-order valence-electron chi connectivity index (χ0n) is 12.0. The molecule has 0 saturated heterocycles. The number of carbonyl (C=O) groups excluding carboxylic acids is 1. The average molecular weight is 338 g/mol. The Balaban J connectivity index is 1.69. The Kier molecular flexibility index (Phi) is 3.52. The van der Waals surface area contributed by atoms with Gasteiger partial charge >= 0.3 is 0 Å². The van der Waals surface area contributed by atoms with Crippen LogP contribution in [0.1, 0.15) is 10.4 Å². The lowest BCUT2D eigenvalue weighted by molar-refractivity contribution is 0.102. The maximum Gasteiger partial charge on any atom is 0.256 e. The number of hydrogen-bond donors (Lipinski definition) is 1. The van der Waals surface area contributed by atoms with Crippen molar-refractivity contribution < 1.29 is 4.79 Å². The van der Waals surface area contributed by atoms with Crippen LogP contribution in [-0.2, 0) is 0 Å². The van der Waals surface area contributed by atoms with Crippen LogP contribution in [0.4, 0.5) is 5.00 Å². The highest BCUT2D eigenvalue weighted by Crippen LogP contribution is 2.39. The topological polar surface area (TPSA) is 29.1 Å². The Morgan fingerprint density at radius 1 is 0.913 bits per heavy atom. The number of fused-ring (bicyclic) bond motifs is 2. The van der Waals surface area contributed by atoms with Gasteiger partial charge in [0.25, 0.3) is 5.91 Å². The second kappa shape index (κ2) is 5.69. The highest BCUT2D eigenvalue weighted by Gasteiger charge is 2.14. The van der Waals surface area contributed by atoms with Crippen LogP contribution in [0, 0.1) is 0 Å². The molecule has 0 saturated carbocycles. The summed E-state index contributed by atoms with van der Waals surface area (Å²) in [6.45, 7) is 0. The van der Waals surface area contributed by atoms with E-state index in [1.807, 2.05) is 66.7 Å². The first kappa shape index (κ1) is 14.2. The summed E-state index contributed by atoms with van der Waals surface area (Å²) in [5, 5.41) is 7.34. The van der Waals surface area contributed by atoms with E-state index in [1.165, 1.54) is 11.3 Å². The molecule has 1 amide bonds. The van der Waals surface area contributed by atoms with Gasteiger partial charge in [0.1, 0.15) is 5.00 Å². The Hall–Kier alpha value is -2.36. The molecule has 1 aromatic heterocycles. The van der Waals surface area contributed by atoms with E-state index in [9.17, 15) is 4.79 Å². The minimum Gasteiger partial charge on any atom is -0.312 e. The van der Waals surface area contributed by atoms with Gasteiger partial charge in [-0.3, -0.25) is 4.79 Å². The number of halogens is 1. The SMILES string of the molecule is O=C(Nc1sc2ccccc2c1Cl)c1ccc2ccccc2c1. The molecule has 4 heteroatoms. The predicted molar refractivity (Wildman–Crippen MR) is 98.7 cm³/mol. The number of thiophene rings is 1. The molecule has 0 aliphatic heterocycles. The monoisotopic (exact) mass is 337 g/mol. The summed E-state index contributed by atoms with van der Waals surface area (Å²) >= 11 is 7.87. The van der Waals surface area contributed by atoms with E-state index in [0.29, 0.717) is 15.6 Å². The molecule has 23 heavy (non-hydrogen) atoms. The van der Waals surface area contributed by atoms with E-state index >= 15 is 0 Å². The first-order valence-corrected chi connectivity index (χ1v) is 8.39.